The molecule has 1 aromatic carbocycles. The second-order valence-electron chi connectivity index (χ2n) is 4.04. The molecule has 1 saturated heterocycles. The standard InChI is InChI=1S/C11H15N3O2/c1-13-8-2-7-12-11(13)9-3-5-10(6-4-9)14(15)16/h3-6,11-12H,2,7-8H2,1H3/t11-/m0/s1. The van der Waals surface area contributed by atoms with E-state index in [0.717, 1.165) is 25.1 Å². The van der Waals surface area contributed by atoms with Gasteiger partial charge in [0.15, 0.2) is 0 Å². The molecule has 0 bridgehead atoms. The smallest absolute Gasteiger partial charge is 0.269 e. The van der Waals surface area contributed by atoms with E-state index in [9.17, 15) is 10.1 Å². The van der Waals surface area contributed by atoms with E-state index in [1.54, 1.807) is 12.1 Å². The fraction of sp³-hybridized carbons (Fsp3) is 0.455. The van der Waals surface area contributed by atoms with E-state index < -0.39 is 0 Å². The predicted molar refractivity (Wildman–Crippen MR) is 61.1 cm³/mol. The third kappa shape index (κ3) is 2.20. The summed E-state index contributed by atoms with van der Waals surface area (Å²) in [7, 11) is 2.05. The van der Waals surface area contributed by atoms with Crippen molar-refractivity contribution in [2.45, 2.75) is 12.6 Å². The lowest BCUT2D eigenvalue weighted by Gasteiger charge is -2.33. The summed E-state index contributed by atoms with van der Waals surface area (Å²) < 4.78 is 0. The zero-order chi connectivity index (χ0) is 11.5. The maximum Gasteiger partial charge on any atom is 0.269 e. The molecule has 1 heterocycles. The molecule has 2 rings (SSSR count). The van der Waals surface area contributed by atoms with Crippen molar-refractivity contribution in [2.24, 2.45) is 0 Å². The second kappa shape index (κ2) is 4.59. The second-order valence-corrected chi connectivity index (χ2v) is 4.04. The normalized spacial score (nSPS) is 21.9. The summed E-state index contributed by atoms with van der Waals surface area (Å²) in [6, 6.07) is 6.74. The Bertz CT molecular complexity index is 377. The molecule has 5 nitrogen and oxygen atoms in total. The van der Waals surface area contributed by atoms with Gasteiger partial charge in [-0.15, -0.1) is 0 Å². The summed E-state index contributed by atoms with van der Waals surface area (Å²) in [4.78, 5) is 12.4. The van der Waals surface area contributed by atoms with Gasteiger partial charge in [-0.05, 0) is 37.7 Å². The van der Waals surface area contributed by atoms with E-state index in [4.69, 9.17) is 0 Å². The number of nitro benzene ring substituents is 1. The summed E-state index contributed by atoms with van der Waals surface area (Å²) in [5, 5.41) is 13.9. The lowest BCUT2D eigenvalue weighted by atomic mass is 10.1. The van der Waals surface area contributed by atoms with Crippen LogP contribution in [0.3, 0.4) is 0 Å². The molecular weight excluding hydrogens is 206 g/mol. The highest BCUT2D eigenvalue weighted by Crippen LogP contribution is 2.21. The minimum atomic E-state index is -0.373. The van der Waals surface area contributed by atoms with E-state index in [1.807, 2.05) is 12.1 Å². The Kier molecular flexibility index (Phi) is 3.17. The van der Waals surface area contributed by atoms with Crippen molar-refractivity contribution in [1.29, 1.82) is 0 Å². The molecule has 0 aromatic heterocycles. The fourth-order valence-electron chi connectivity index (χ4n) is 2.00. The first kappa shape index (κ1) is 11.0. The van der Waals surface area contributed by atoms with Gasteiger partial charge < -0.3 is 0 Å². The average Bonchev–Trinajstić information content (AvgIpc) is 2.30. The van der Waals surface area contributed by atoms with E-state index in [1.165, 1.54) is 0 Å². The summed E-state index contributed by atoms with van der Waals surface area (Å²) in [6.07, 6.45) is 1.31. The Morgan fingerprint density at radius 2 is 2.12 bits per heavy atom. The van der Waals surface area contributed by atoms with Crippen LogP contribution in [0.4, 0.5) is 5.69 Å². The molecule has 86 valence electrons. The summed E-state index contributed by atoms with van der Waals surface area (Å²) in [5.41, 5.74) is 1.22. The topological polar surface area (TPSA) is 58.4 Å². The molecule has 1 fully saturated rings. The number of hydrogen-bond donors (Lipinski definition) is 1. The molecule has 0 saturated carbocycles. The van der Waals surface area contributed by atoms with E-state index in [0.29, 0.717) is 0 Å². The van der Waals surface area contributed by atoms with Crippen LogP contribution in [0, 0.1) is 10.1 Å². The Morgan fingerprint density at radius 3 is 2.69 bits per heavy atom. The number of nitrogens with zero attached hydrogens (tertiary/aromatic N) is 2. The van der Waals surface area contributed by atoms with Crippen LogP contribution in [0.1, 0.15) is 18.2 Å². The van der Waals surface area contributed by atoms with Crippen LogP contribution in [-0.2, 0) is 0 Å². The summed E-state index contributed by atoms with van der Waals surface area (Å²) >= 11 is 0. The highest BCUT2D eigenvalue weighted by Gasteiger charge is 2.20. The van der Waals surface area contributed by atoms with Gasteiger partial charge in [-0.2, -0.15) is 0 Å². The van der Waals surface area contributed by atoms with Gasteiger partial charge >= 0.3 is 0 Å². The Morgan fingerprint density at radius 1 is 1.44 bits per heavy atom. The lowest BCUT2D eigenvalue weighted by molar-refractivity contribution is -0.384. The summed E-state index contributed by atoms with van der Waals surface area (Å²) in [6.45, 7) is 2.04. The van der Waals surface area contributed by atoms with Crippen LogP contribution in [0.25, 0.3) is 0 Å². The van der Waals surface area contributed by atoms with E-state index in [-0.39, 0.29) is 16.8 Å². The SMILES string of the molecule is CN1CCCN[C@@H]1c1ccc([N+](=O)[O-])cc1. The molecule has 0 aliphatic carbocycles. The quantitative estimate of drug-likeness (QED) is 0.607. The van der Waals surface area contributed by atoms with Crippen molar-refractivity contribution in [3.8, 4) is 0 Å². The van der Waals surface area contributed by atoms with Crippen molar-refractivity contribution >= 4 is 5.69 Å². The van der Waals surface area contributed by atoms with Gasteiger partial charge in [-0.25, -0.2) is 0 Å². The molecule has 1 aliphatic heterocycles. The van der Waals surface area contributed by atoms with Crippen molar-refractivity contribution in [3.05, 3.63) is 39.9 Å². The lowest BCUT2D eigenvalue weighted by Crippen LogP contribution is -2.42. The van der Waals surface area contributed by atoms with Gasteiger partial charge in [0.05, 0.1) is 11.1 Å². The molecular formula is C11H15N3O2. The van der Waals surface area contributed by atoms with Crippen molar-refractivity contribution < 1.29 is 4.92 Å². The monoisotopic (exact) mass is 221 g/mol. The van der Waals surface area contributed by atoms with Gasteiger partial charge in [0, 0.05) is 18.7 Å². The molecule has 1 N–H and O–H groups in total. The van der Waals surface area contributed by atoms with Crippen molar-refractivity contribution in [2.75, 3.05) is 20.1 Å². The first-order valence-corrected chi connectivity index (χ1v) is 5.36. The Labute approximate surface area is 94.2 Å². The van der Waals surface area contributed by atoms with Gasteiger partial charge in [-0.1, -0.05) is 0 Å². The first-order valence-electron chi connectivity index (χ1n) is 5.36. The van der Waals surface area contributed by atoms with Crippen LogP contribution in [0.2, 0.25) is 0 Å². The molecule has 1 aliphatic rings. The van der Waals surface area contributed by atoms with E-state index >= 15 is 0 Å². The number of non-ortho nitro benzene ring substituents is 1. The molecule has 1 aromatic rings. The molecule has 1 atom stereocenters. The van der Waals surface area contributed by atoms with Crippen LogP contribution in [0.15, 0.2) is 24.3 Å². The van der Waals surface area contributed by atoms with E-state index in [2.05, 4.69) is 17.3 Å². The van der Waals surface area contributed by atoms with Gasteiger partial charge in [0.1, 0.15) is 0 Å². The van der Waals surface area contributed by atoms with Crippen molar-refractivity contribution in [1.82, 2.24) is 10.2 Å². The molecule has 0 unspecified atom stereocenters. The maximum atomic E-state index is 10.5. The van der Waals surface area contributed by atoms with Crippen LogP contribution < -0.4 is 5.32 Å². The number of nitrogens with one attached hydrogen (secondary N) is 1. The third-order valence-electron chi connectivity index (χ3n) is 2.89. The predicted octanol–water partition coefficient (Wildman–Crippen LogP) is 1.52. The average molecular weight is 221 g/mol. The Balaban J connectivity index is 2.17. The highest BCUT2D eigenvalue weighted by atomic mass is 16.6. The first-order chi connectivity index (χ1) is 7.68. The number of rotatable bonds is 2. The minimum Gasteiger partial charge on any atom is -0.298 e. The van der Waals surface area contributed by atoms with Crippen LogP contribution >= 0.6 is 0 Å². The highest BCUT2D eigenvalue weighted by molar-refractivity contribution is 5.34. The molecule has 0 radical (unpaired) electrons. The Hall–Kier alpha value is -1.46. The van der Waals surface area contributed by atoms with Crippen molar-refractivity contribution in [3.63, 3.8) is 0 Å². The minimum absolute atomic E-state index is 0.141. The zero-order valence-corrected chi connectivity index (χ0v) is 9.22. The number of benzene rings is 1. The molecule has 16 heavy (non-hydrogen) atoms. The summed E-state index contributed by atoms with van der Waals surface area (Å²) in [5.74, 6) is 0. The molecule has 0 spiro atoms. The number of nitro groups is 1. The van der Waals surface area contributed by atoms with Crippen LogP contribution in [0.5, 0.6) is 0 Å². The van der Waals surface area contributed by atoms with Gasteiger partial charge in [0.2, 0.25) is 0 Å². The van der Waals surface area contributed by atoms with Gasteiger partial charge in [-0.3, -0.25) is 20.3 Å². The van der Waals surface area contributed by atoms with Crippen LogP contribution in [-0.4, -0.2) is 30.0 Å². The molecule has 5 heteroatoms. The fourth-order valence-corrected chi connectivity index (χ4v) is 2.00. The number of hydrogen-bond acceptors (Lipinski definition) is 4. The molecule has 0 amide bonds. The zero-order valence-electron chi connectivity index (χ0n) is 9.22. The van der Waals surface area contributed by atoms with Gasteiger partial charge in [0.25, 0.3) is 5.69 Å². The maximum absolute atomic E-state index is 10.5. The third-order valence-corrected chi connectivity index (χ3v) is 2.89. The largest absolute Gasteiger partial charge is 0.298 e.